The van der Waals surface area contributed by atoms with E-state index in [4.69, 9.17) is 5.73 Å². The number of benzene rings is 2. The maximum absolute atomic E-state index is 12.2. The molecule has 0 aliphatic heterocycles. The third kappa shape index (κ3) is 5.10. The summed E-state index contributed by atoms with van der Waals surface area (Å²) in [5.41, 5.74) is 7.47. The van der Waals surface area contributed by atoms with E-state index in [0.29, 0.717) is 12.0 Å². The normalized spacial score (nSPS) is 13.0. The Morgan fingerprint density at radius 1 is 0.958 bits per heavy atom. The van der Waals surface area contributed by atoms with Crippen molar-refractivity contribution in [2.75, 3.05) is 0 Å². The predicted octanol–water partition coefficient (Wildman–Crippen LogP) is 1.07. The van der Waals surface area contributed by atoms with E-state index in [2.05, 4.69) is 5.32 Å². The summed E-state index contributed by atoms with van der Waals surface area (Å²) in [5.74, 6) is -1.55. The molecule has 0 bridgehead atoms. The summed E-state index contributed by atoms with van der Waals surface area (Å²) in [4.78, 5) is 23.5. The third-order valence-corrected chi connectivity index (χ3v) is 3.63. The molecule has 0 fully saturated rings. The molecule has 0 heterocycles. The topological polar surface area (TPSA) is 113 Å². The molecule has 0 unspecified atom stereocenters. The standard InChI is InChI=1S/C18H20N2O4/c19-15(10-12-4-2-1-3-5-12)17(22)20-16(18(23)24)11-13-6-8-14(21)9-7-13/h1-9,15-16,21H,10-11,19H2,(H,20,22)(H,23,24)/t15-,16-/m1/s1. The number of hydrogen-bond acceptors (Lipinski definition) is 4. The molecule has 0 radical (unpaired) electrons. The highest BCUT2D eigenvalue weighted by Crippen LogP contribution is 2.11. The molecule has 6 nitrogen and oxygen atoms in total. The van der Waals surface area contributed by atoms with Gasteiger partial charge in [-0.15, -0.1) is 0 Å². The van der Waals surface area contributed by atoms with Crippen molar-refractivity contribution in [3.63, 3.8) is 0 Å². The summed E-state index contributed by atoms with van der Waals surface area (Å²) in [7, 11) is 0. The molecule has 5 N–H and O–H groups in total. The molecule has 2 atom stereocenters. The van der Waals surface area contributed by atoms with Gasteiger partial charge in [0.2, 0.25) is 5.91 Å². The lowest BCUT2D eigenvalue weighted by molar-refractivity contribution is -0.141. The Morgan fingerprint density at radius 3 is 2.12 bits per heavy atom. The van der Waals surface area contributed by atoms with Gasteiger partial charge in [-0.1, -0.05) is 42.5 Å². The van der Waals surface area contributed by atoms with Crippen molar-refractivity contribution >= 4 is 11.9 Å². The van der Waals surface area contributed by atoms with Gasteiger partial charge >= 0.3 is 5.97 Å². The van der Waals surface area contributed by atoms with Crippen LogP contribution in [0.2, 0.25) is 0 Å². The molecule has 0 saturated heterocycles. The molecular weight excluding hydrogens is 308 g/mol. The van der Waals surface area contributed by atoms with Crippen LogP contribution >= 0.6 is 0 Å². The summed E-state index contributed by atoms with van der Waals surface area (Å²) < 4.78 is 0. The molecule has 0 saturated carbocycles. The van der Waals surface area contributed by atoms with Crippen molar-refractivity contribution in [1.29, 1.82) is 0 Å². The van der Waals surface area contributed by atoms with Crippen LogP contribution in [0.1, 0.15) is 11.1 Å². The van der Waals surface area contributed by atoms with E-state index in [1.54, 1.807) is 12.1 Å². The number of amides is 1. The van der Waals surface area contributed by atoms with E-state index in [1.165, 1.54) is 12.1 Å². The monoisotopic (exact) mass is 328 g/mol. The number of hydrogen-bond donors (Lipinski definition) is 4. The molecule has 2 aromatic rings. The van der Waals surface area contributed by atoms with Gasteiger partial charge in [0.05, 0.1) is 6.04 Å². The first kappa shape index (κ1) is 17.5. The fourth-order valence-electron chi connectivity index (χ4n) is 2.31. The molecule has 126 valence electrons. The van der Waals surface area contributed by atoms with Crippen LogP contribution in [-0.2, 0) is 22.4 Å². The van der Waals surface area contributed by atoms with Crippen molar-refractivity contribution in [3.8, 4) is 5.75 Å². The van der Waals surface area contributed by atoms with E-state index in [-0.39, 0.29) is 12.2 Å². The third-order valence-electron chi connectivity index (χ3n) is 3.63. The highest BCUT2D eigenvalue weighted by atomic mass is 16.4. The van der Waals surface area contributed by atoms with E-state index >= 15 is 0 Å². The maximum atomic E-state index is 12.2. The number of nitrogens with two attached hydrogens (primary N) is 1. The number of rotatable bonds is 7. The number of carboxylic acid groups (broad SMARTS) is 1. The number of aromatic hydroxyl groups is 1. The zero-order chi connectivity index (χ0) is 17.5. The molecule has 0 spiro atoms. The molecule has 2 rings (SSSR count). The zero-order valence-electron chi connectivity index (χ0n) is 13.1. The highest BCUT2D eigenvalue weighted by Gasteiger charge is 2.23. The lowest BCUT2D eigenvalue weighted by atomic mass is 10.0. The van der Waals surface area contributed by atoms with Gasteiger partial charge in [-0.2, -0.15) is 0 Å². The number of phenolic OH excluding ortho intramolecular Hbond substituents is 1. The number of carbonyl (C=O) groups is 2. The lowest BCUT2D eigenvalue weighted by Crippen LogP contribution is -2.50. The minimum absolute atomic E-state index is 0.0968. The summed E-state index contributed by atoms with van der Waals surface area (Å²) >= 11 is 0. The second kappa shape index (κ2) is 8.12. The number of carboxylic acids is 1. The Morgan fingerprint density at radius 2 is 1.54 bits per heavy atom. The van der Waals surface area contributed by atoms with Crippen LogP contribution in [0.15, 0.2) is 54.6 Å². The summed E-state index contributed by atoms with van der Waals surface area (Å²) in [6.07, 6.45) is 0.442. The van der Waals surface area contributed by atoms with Crippen molar-refractivity contribution in [3.05, 3.63) is 65.7 Å². The SMILES string of the molecule is N[C@H](Cc1ccccc1)C(=O)N[C@H](Cc1ccc(O)cc1)C(=O)O. The van der Waals surface area contributed by atoms with Crippen LogP contribution in [0, 0.1) is 0 Å². The second-order valence-electron chi connectivity index (χ2n) is 5.57. The summed E-state index contributed by atoms with van der Waals surface area (Å²) in [6.45, 7) is 0. The van der Waals surface area contributed by atoms with Crippen LogP contribution in [0.25, 0.3) is 0 Å². The van der Waals surface area contributed by atoms with Gasteiger partial charge in [-0.25, -0.2) is 4.79 Å². The van der Waals surface area contributed by atoms with E-state index in [1.807, 2.05) is 30.3 Å². The average molecular weight is 328 g/mol. The summed E-state index contributed by atoms with van der Waals surface area (Å²) in [5, 5.41) is 21.0. The molecule has 24 heavy (non-hydrogen) atoms. The Hall–Kier alpha value is -2.86. The second-order valence-corrected chi connectivity index (χ2v) is 5.57. The van der Waals surface area contributed by atoms with Gasteiger partial charge in [0, 0.05) is 6.42 Å². The minimum atomic E-state index is -1.14. The van der Waals surface area contributed by atoms with Crippen molar-refractivity contribution in [2.45, 2.75) is 24.9 Å². The Bertz CT molecular complexity index is 686. The van der Waals surface area contributed by atoms with E-state index in [9.17, 15) is 19.8 Å². The van der Waals surface area contributed by atoms with Crippen LogP contribution in [0.5, 0.6) is 5.75 Å². The van der Waals surface area contributed by atoms with Gasteiger partial charge in [-0.3, -0.25) is 4.79 Å². The fourth-order valence-corrected chi connectivity index (χ4v) is 2.31. The molecule has 0 aliphatic carbocycles. The Balaban J connectivity index is 1.97. The molecule has 6 heteroatoms. The van der Waals surface area contributed by atoms with Crippen LogP contribution in [0.3, 0.4) is 0 Å². The van der Waals surface area contributed by atoms with Crippen LogP contribution in [0.4, 0.5) is 0 Å². The predicted molar refractivity (Wildman–Crippen MR) is 89.5 cm³/mol. The van der Waals surface area contributed by atoms with Gasteiger partial charge in [-0.05, 0) is 29.7 Å². The fraction of sp³-hybridized carbons (Fsp3) is 0.222. The van der Waals surface area contributed by atoms with E-state index < -0.39 is 24.0 Å². The van der Waals surface area contributed by atoms with Crippen LogP contribution < -0.4 is 11.1 Å². The smallest absolute Gasteiger partial charge is 0.326 e. The van der Waals surface area contributed by atoms with Crippen molar-refractivity contribution < 1.29 is 19.8 Å². The summed E-state index contributed by atoms with van der Waals surface area (Å²) in [6, 6.07) is 13.6. The molecular formula is C18H20N2O4. The Labute approximate surface area is 139 Å². The Kier molecular flexibility index (Phi) is 5.92. The zero-order valence-corrected chi connectivity index (χ0v) is 13.1. The van der Waals surface area contributed by atoms with E-state index in [0.717, 1.165) is 5.56 Å². The largest absolute Gasteiger partial charge is 0.508 e. The number of phenols is 1. The molecule has 0 aromatic heterocycles. The quantitative estimate of drug-likeness (QED) is 0.607. The van der Waals surface area contributed by atoms with Crippen molar-refractivity contribution in [1.82, 2.24) is 5.32 Å². The van der Waals surface area contributed by atoms with Crippen molar-refractivity contribution in [2.24, 2.45) is 5.73 Å². The first-order valence-electron chi connectivity index (χ1n) is 7.56. The van der Waals surface area contributed by atoms with Gasteiger partial charge in [0.25, 0.3) is 0 Å². The number of carbonyl (C=O) groups excluding carboxylic acids is 1. The highest BCUT2D eigenvalue weighted by molar-refractivity contribution is 5.87. The number of aliphatic carboxylic acids is 1. The first-order valence-corrected chi connectivity index (χ1v) is 7.56. The van der Waals surface area contributed by atoms with Gasteiger partial charge in [0.1, 0.15) is 11.8 Å². The molecule has 0 aliphatic rings. The molecule has 1 amide bonds. The lowest BCUT2D eigenvalue weighted by Gasteiger charge is -2.18. The minimum Gasteiger partial charge on any atom is -0.508 e. The van der Waals surface area contributed by atoms with Crippen LogP contribution in [-0.4, -0.2) is 34.2 Å². The molecule has 2 aromatic carbocycles. The average Bonchev–Trinajstić information content (AvgIpc) is 2.56. The first-order chi connectivity index (χ1) is 11.5. The van der Waals surface area contributed by atoms with Gasteiger partial charge in [0.15, 0.2) is 0 Å². The van der Waals surface area contributed by atoms with Gasteiger partial charge < -0.3 is 21.3 Å². The number of nitrogens with one attached hydrogen (secondary N) is 1. The maximum Gasteiger partial charge on any atom is 0.326 e.